The fourth-order valence-corrected chi connectivity index (χ4v) is 1.37. The van der Waals surface area contributed by atoms with Gasteiger partial charge in [0.1, 0.15) is 5.15 Å². The predicted octanol–water partition coefficient (Wildman–Crippen LogP) is 1.56. The van der Waals surface area contributed by atoms with Gasteiger partial charge in [-0.3, -0.25) is 4.40 Å². The van der Waals surface area contributed by atoms with Crippen LogP contribution in [0.4, 0.5) is 0 Å². The van der Waals surface area contributed by atoms with Gasteiger partial charge in [0.25, 0.3) is 0 Å². The van der Waals surface area contributed by atoms with Crippen molar-refractivity contribution in [1.82, 2.24) is 14.4 Å². The summed E-state index contributed by atoms with van der Waals surface area (Å²) >= 11 is 5.72. The van der Waals surface area contributed by atoms with Gasteiger partial charge < -0.3 is 4.74 Å². The minimum atomic E-state index is -0.472. The zero-order chi connectivity index (χ0) is 10.8. The Kier molecular flexibility index (Phi) is 2.55. The van der Waals surface area contributed by atoms with Crippen molar-refractivity contribution >= 4 is 23.1 Å². The zero-order valence-corrected chi connectivity index (χ0v) is 8.73. The van der Waals surface area contributed by atoms with Gasteiger partial charge in [0.15, 0.2) is 0 Å². The highest BCUT2D eigenvalue weighted by Crippen LogP contribution is 2.10. The lowest BCUT2D eigenvalue weighted by molar-refractivity contribution is 0.0511. The number of ether oxygens (including phenoxy) is 1. The van der Waals surface area contributed by atoms with E-state index < -0.39 is 5.97 Å². The molecule has 0 aliphatic rings. The summed E-state index contributed by atoms with van der Waals surface area (Å²) < 4.78 is 6.40. The molecule has 2 aromatic rings. The maximum atomic E-state index is 11.5. The first-order valence-corrected chi connectivity index (χ1v) is 4.76. The van der Waals surface area contributed by atoms with Gasteiger partial charge in [-0.05, 0) is 6.92 Å². The molecule has 6 heteroatoms. The minimum Gasteiger partial charge on any atom is -0.460 e. The molecule has 5 nitrogen and oxygen atoms in total. The quantitative estimate of drug-likeness (QED) is 0.728. The number of hydrogen-bond acceptors (Lipinski definition) is 4. The van der Waals surface area contributed by atoms with Crippen molar-refractivity contribution in [2.75, 3.05) is 6.61 Å². The van der Waals surface area contributed by atoms with Crippen LogP contribution in [0.1, 0.15) is 17.5 Å². The van der Waals surface area contributed by atoms with Crippen LogP contribution in [0, 0.1) is 0 Å². The molecule has 0 atom stereocenters. The summed E-state index contributed by atoms with van der Waals surface area (Å²) in [7, 11) is 0. The summed E-state index contributed by atoms with van der Waals surface area (Å²) in [5.74, 6) is -0.268. The molecule has 0 spiro atoms. The van der Waals surface area contributed by atoms with E-state index in [1.165, 1.54) is 18.6 Å². The lowest BCUT2D eigenvalue weighted by Gasteiger charge is -2.00. The molecule has 0 aliphatic carbocycles. The molecule has 0 fully saturated rings. The Morgan fingerprint density at radius 1 is 1.53 bits per heavy atom. The zero-order valence-electron chi connectivity index (χ0n) is 7.98. The van der Waals surface area contributed by atoms with Crippen LogP contribution in [0.5, 0.6) is 0 Å². The van der Waals surface area contributed by atoms with Crippen molar-refractivity contribution in [3.8, 4) is 0 Å². The Morgan fingerprint density at radius 3 is 3.00 bits per heavy atom. The minimum absolute atomic E-state index is 0.205. The van der Waals surface area contributed by atoms with Crippen molar-refractivity contribution in [1.29, 1.82) is 0 Å². The summed E-state index contributed by atoms with van der Waals surface area (Å²) in [4.78, 5) is 19.3. The van der Waals surface area contributed by atoms with Gasteiger partial charge in [0.05, 0.1) is 24.5 Å². The molecule has 2 heterocycles. The van der Waals surface area contributed by atoms with Gasteiger partial charge in [-0.1, -0.05) is 11.6 Å². The van der Waals surface area contributed by atoms with Crippen molar-refractivity contribution in [2.24, 2.45) is 0 Å². The molecule has 0 radical (unpaired) electrons. The van der Waals surface area contributed by atoms with Crippen LogP contribution in [-0.2, 0) is 4.74 Å². The molecule has 0 bridgehead atoms. The van der Waals surface area contributed by atoms with Crippen molar-refractivity contribution in [3.05, 3.63) is 29.6 Å². The first-order chi connectivity index (χ1) is 7.22. The third-order valence-corrected chi connectivity index (χ3v) is 2.03. The van der Waals surface area contributed by atoms with E-state index in [1.54, 1.807) is 11.3 Å². The van der Waals surface area contributed by atoms with E-state index in [9.17, 15) is 4.79 Å². The summed E-state index contributed by atoms with van der Waals surface area (Å²) in [5, 5.41) is 0.297. The van der Waals surface area contributed by atoms with Gasteiger partial charge in [-0.25, -0.2) is 14.8 Å². The highest BCUT2D eigenvalue weighted by Gasteiger charge is 2.13. The van der Waals surface area contributed by atoms with Crippen molar-refractivity contribution < 1.29 is 9.53 Å². The predicted molar refractivity (Wildman–Crippen MR) is 54.0 cm³/mol. The van der Waals surface area contributed by atoms with Crippen LogP contribution < -0.4 is 0 Å². The van der Waals surface area contributed by atoms with E-state index >= 15 is 0 Å². The van der Waals surface area contributed by atoms with E-state index in [0.717, 1.165) is 0 Å². The average molecular weight is 226 g/mol. The number of carbonyl (C=O) groups is 1. The number of hydrogen-bond donors (Lipinski definition) is 0. The Bertz CT molecular complexity index is 509. The lowest BCUT2D eigenvalue weighted by Crippen LogP contribution is -2.09. The van der Waals surface area contributed by atoms with E-state index in [1.807, 2.05) is 0 Å². The van der Waals surface area contributed by atoms with Gasteiger partial charge in [0, 0.05) is 6.20 Å². The van der Waals surface area contributed by atoms with Crippen LogP contribution in [-0.4, -0.2) is 26.9 Å². The molecule has 0 amide bonds. The van der Waals surface area contributed by atoms with Crippen molar-refractivity contribution in [3.63, 3.8) is 0 Å². The smallest absolute Gasteiger partial charge is 0.374 e. The van der Waals surface area contributed by atoms with Gasteiger partial charge >= 0.3 is 5.97 Å². The molecule has 2 aromatic heterocycles. The Morgan fingerprint density at radius 2 is 2.27 bits per heavy atom. The summed E-state index contributed by atoms with van der Waals surface area (Å²) in [5.41, 5.74) is 0.697. The molecule has 15 heavy (non-hydrogen) atoms. The van der Waals surface area contributed by atoms with Crippen LogP contribution >= 0.6 is 11.6 Å². The summed E-state index contributed by atoms with van der Waals surface area (Å²) in [6.07, 6.45) is 4.60. The topological polar surface area (TPSA) is 56.5 Å². The number of fused-ring (bicyclic) bond motifs is 1. The standard InChI is InChI=1S/C9H8ClN3O2/c1-2-15-9(14)8-12-4-6-3-11-7(10)5-13(6)8/h3-5H,2H2,1H3. The number of aromatic nitrogens is 3. The Labute approximate surface area is 90.7 Å². The third-order valence-electron chi connectivity index (χ3n) is 1.84. The lowest BCUT2D eigenvalue weighted by atomic mass is 10.5. The van der Waals surface area contributed by atoms with E-state index in [0.29, 0.717) is 17.3 Å². The average Bonchev–Trinajstić information content (AvgIpc) is 2.60. The second-order valence-corrected chi connectivity index (χ2v) is 3.19. The SMILES string of the molecule is CCOC(=O)c1ncc2cnc(Cl)cn12. The number of esters is 1. The van der Waals surface area contributed by atoms with Crippen LogP contribution in [0.2, 0.25) is 5.15 Å². The van der Waals surface area contributed by atoms with Gasteiger partial charge in [-0.15, -0.1) is 0 Å². The molecule has 0 aromatic carbocycles. The maximum Gasteiger partial charge on any atom is 0.374 e. The number of rotatable bonds is 2. The van der Waals surface area contributed by atoms with E-state index in [-0.39, 0.29) is 5.82 Å². The van der Waals surface area contributed by atoms with E-state index in [2.05, 4.69) is 9.97 Å². The number of nitrogens with zero attached hydrogens (tertiary/aromatic N) is 3. The molecular weight excluding hydrogens is 218 g/mol. The highest BCUT2D eigenvalue weighted by atomic mass is 35.5. The van der Waals surface area contributed by atoms with E-state index in [4.69, 9.17) is 16.3 Å². The van der Waals surface area contributed by atoms with Gasteiger partial charge in [-0.2, -0.15) is 0 Å². The summed E-state index contributed by atoms with van der Waals surface area (Å²) in [6.45, 7) is 2.05. The van der Waals surface area contributed by atoms with Crippen molar-refractivity contribution in [2.45, 2.75) is 6.92 Å². The molecule has 0 saturated heterocycles. The molecule has 0 saturated carbocycles. The van der Waals surface area contributed by atoms with Crippen LogP contribution in [0.25, 0.3) is 5.52 Å². The fourth-order valence-electron chi connectivity index (χ4n) is 1.22. The Balaban J connectivity index is 2.52. The number of halogens is 1. The maximum absolute atomic E-state index is 11.5. The molecule has 0 aliphatic heterocycles. The molecule has 78 valence electrons. The Hall–Kier alpha value is -1.62. The summed E-state index contributed by atoms with van der Waals surface area (Å²) in [6, 6.07) is 0. The molecular formula is C9H8ClN3O2. The first kappa shape index (κ1) is 9.92. The molecule has 2 rings (SSSR count). The van der Waals surface area contributed by atoms with Crippen LogP contribution in [0.3, 0.4) is 0 Å². The molecule has 0 N–H and O–H groups in total. The second-order valence-electron chi connectivity index (χ2n) is 2.81. The first-order valence-electron chi connectivity index (χ1n) is 4.38. The number of imidazole rings is 1. The molecule has 0 unspecified atom stereocenters. The highest BCUT2D eigenvalue weighted by molar-refractivity contribution is 6.29. The fraction of sp³-hybridized carbons (Fsp3) is 0.222. The number of carbonyl (C=O) groups excluding carboxylic acids is 1. The third kappa shape index (κ3) is 1.78. The normalized spacial score (nSPS) is 10.5. The van der Waals surface area contributed by atoms with Crippen LogP contribution in [0.15, 0.2) is 18.6 Å². The van der Waals surface area contributed by atoms with Gasteiger partial charge in [0.2, 0.25) is 5.82 Å². The largest absolute Gasteiger partial charge is 0.460 e. The monoisotopic (exact) mass is 225 g/mol. The second kappa shape index (κ2) is 3.86.